The van der Waals surface area contributed by atoms with Gasteiger partial charge in [0.05, 0.1) is 6.54 Å². The molecule has 0 spiro atoms. The number of hydrogen-bond acceptors (Lipinski definition) is 4. The third-order valence-corrected chi connectivity index (χ3v) is 2.27. The number of nitrogens with zero attached hydrogens (tertiary/aromatic N) is 2. The van der Waals surface area contributed by atoms with E-state index in [1.54, 1.807) is 19.9 Å². The molecular formula is C11H12FN3O. The fourth-order valence-corrected chi connectivity index (χ4v) is 1.39. The largest absolute Gasteiger partial charge is 0.377 e. The molecule has 0 atom stereocenters. The molecule has 84 valence electrons. The first-order chi connectivity index (χ1) is 7.66. The lowest BCUT2D eigenvalue weighted by atomic mass is 10.2. The van der Waals surface area contributed by atoms with Crippen LogP contribution in [0.4, 0.5) is 10.1 Å². The van der Waals surface area contributed by atoms with Gasteiger partial charge in [0.15, 0.2) is 5.82 Å². The smallest absolute Gasteiger partial charge is 0.223 e. The third-order valence-electron chi connectivity index (χ3n) is 2.27. The second kappa shape index (κ2) is 4.30. The van der Waals surface area contributed by atoms with Gasteiger partial charge in [-0.25, -0.2) is 4.39 Å². The van der Waals surface area contributed by atoms with Gasteiger partial charge in [0.25, 0.3) is 0 Å². The number of aryl methyl sites for hydroxylation is 1. The minimum atomic E-state index is -0.228. The van der Waals surface area contributed by atoms with Gasteiger partial charge in [0.2, 0.25) is 5.89 Å². The fourth-order valence-electron chi connectivity index (χ4n) is 1.39. The van der Waals surface area contributed by atoms with Crippen molar-refractivity contribution in [2.24, 2.45) is 0 Å². The van der Waals surface area contributed by atoms with Crippen LogP contribution in [-0.4, -0.2) is 10.1 Å². The van der Waals surface area contributed by atoms with E-state index in [1.165, 1.54) is 6.07 Å². The topological polar surface area (TPSA) is 51.0 Å². The Balaban J connectivity index is 2.07. The van der Waals surface area contributed by atoms with Crippen LogP contribution in [0.15, 0.2) is 22.7 Å². The van der Waals surface area contributed by atoms with Gasteiger partial charge in [-0.2, -0.15) is 4.98 Å². The predicted octanol–water partition coefficient (Wildman–Crippen LogP) is 2.44. The van der Waals surface area contributed by atoms with Crippen molar-refractivity contribution in [1.29, 1.82) is 0 Å². The van der Waals surface area contributed by atoms with E-state index >= 15 is 0 Å². The predicted molar refractivity (Wildman–Crippen MR) is 57.5 cm³/mol. The molecule has 1 aromatic heterocycles. The summed E-state index contributed by atoms with van der Waals surface area (Å²) in [5.74, 6) is 0.850. The van der Waals surface area contributed by atoms with E-state index < -0.39 is 0 Å². The highest BCUT2D eigenvalue weighted by molar-refractivity contribution is 5.50. The summed E-state index contributed by atoms with van der Waals surface area (Å²) in [7, 11) is 0. The Bertz CT molecular complexity index is 496. The molecule has 0 fully saturated rings. The van der Waals surface area contributed by atoms with E-state index in [0.717, 1.165) is 5.69 Å². The zero-order chi connectivity index (χ0) is 11.5. The van der Waals surface area contributed by atoms with Gasteiger partial charge in [-0.1, -0.05) is 11.2 Å². The number of rotatable bonds is 3. The van der Waals surface area contributed by atoms with E-state index in [-0.39, 0.29) is 5.82 Å². The van der Waals surface area contributed by atoms with Crippen LogP contribution >= 0.6 is 0 Å². The zero-order valence-corrected chi connectivity index (χ0v) is 9.12. The number of benzene rings is 1. The third kappa shape index (κ3) is 2.18. The van der Waals surface area contributed by atoms with Gasteiger partial charge in [0, 0.05) is 18.2 Å². The lowest BCUT2D eigenvalue weighted by Gasteiger charge is -2.07. The molecule has 0 radical (unpaired) electrons. The van der Waals surface area contributed by atoms with Gasteiger partial charge in [-0.05, 0) is 19.1 Å². The Morgan fingerprint density at radius 2 is 2.19 bits per heavy atom. The SMILES string of the molecule is Cc1nc(CNc2cccc(F)c2C)no1. The molecule has 0 unspecified atom stereocenters. The van der Waals surface area contributed by atoms with Crippen LogP contribution < -0.4 is 5.32 Å². The molecule has 0 amide bonds. The standard InChI is InChI=1S/C11H12FN3O/c1-7-9(12)4-3-5-10(7)13-6-11-14-8(2)16-15-11/h3-5,13H,6H2,1-2H3. The summed E-state index contributed by atoms with van der Waals surface area (Å²) in [6, 6.07) is 4.90. The zero-order valence-electron chi connectivity index (χ0n) is 9.12. The lowest BCUT2D eigenvalue weighted by molar-refractivity contribution is 0.388. The van der Waals surface area contributed by atoms with Crippen LogP contribution in [0, 0.1) is 19.7 Å². The van der Waals surface area contributed by atoms with Crippen LogP contribution in [0.2, 0.25) is 0 Å². The summed E-state index contributed by atoms with van der Waals surface area (Å²) < 4.78 is 18.1. The molecular weight excluding hydrogens is 209 g/mol. The van der Waals surface area contributed by atoms with E-state index in [2.05, 4.69) is 15.5 Å². The monoisotopic (exact) mass is 221 g/mol. The van der Waals surface area contributed by atoms with Gasteiger partial charge < -0.3 is 9.84 Å². The number of hydrogen-bond donors (Lipinski definition) is 1. The van der Waals surface area contributed by atoms with Crippen LogP contribution in [0.5, 0.6) is 0 Å². The normalized spacial score (nSPS) is 10.4. The molecule has 0 bridgehead atoms. The summed E-state index contributed by atoms with van der Waals surface area (Å²) in [4.78, 5) is 4.04. The molecule has 2 aromatic rings. The minimum Gasteiger partial charge on any atom is -0.377 e. The molecule has 2 rings (SSSR count). The first-order valence-electron chi connectivity index (χ1n) is 4.95. The summed E-state index contributed by atoms with van der Waals surface area (Å²) in [6.45, 7) is 3.87. The Morgan fingerprint density at radius 3 is 2.88 bits per heavy atom. The summed E-state index contributed by atoms with van der Waals surface area (Å²) in [5.41, 5.74) is 1.32. The molecule has 16 heavy (non-hydrogen) atoms. The minimum absolute atomic E-state index is 0.228. The van der Waals surface area contributed by atoms with Crippen LogP contribution in [-0.2, 0) is 6.54 Å². The highest BCUT2D eigenvalue weighted by atomic mass is 19.1. The van der Waals surface area contributed by atoms with Gasteiger partial charge >= 0.3 is 0 Å². The highest BCUT2D eigenvalue weighted by Gasteiger charge is 2.05. The molecule has 0 aliphatic carbocycles. The number of nitrogens with one attached hydrogen (secondary N) is 1. The molecule has 5 heteroatoms. The molecule has 0 aliphatic heterocycles. The second-order valence-electron chi connectivity index (χ2n) is 3.50. The van der Waals surface area contributed by atoms with Crippen molar-refractivity contribution >= 4 is 5.69 Å². The maximum atomic E-state index is 13.2. The van der Waals surface area contributed by atoms with E-state index in [9.17, 15) is 4.39 Å². The highest BCUT2D eigenvalue weighted by Crippen LogP contribution is 2.17. The second-order valence-corrected chi connectivity index (χ2v) is 3.50. The number of aromatic nitrogens is 2. The molecule has 0 saturated carbocycles. The van der Waals surface area contributed by atoms with Crippen molar-refractivity contribution in [2.45, 2.75) is 20.4 Å². The summed E-state index contributed by atoms with van der Waals surface area (Å²) >= 11 is 0. The Hall–Kier alpha value is -1.91. The summed E-state index contributed by atoms with van der Waals surface area (Å²) in [6.07, 6.45) is 0. The van der Waals surface area contributed by atoms with E-state index in [0.29, 0.717) is 23.8 Å². The van der Waals surface area contributed by atoms with E-state index in [1.807, 2.05) is 6.07 Å². The molecule has 0 aliphatic rings. The molecule has 1 heterocycles. The first kappa shape index (κ1) is 10.6. The fraction of sp³-hybridized carbons (Fsp3) is 0.273. The van der Waals surface area contributed by atoms with Crippen molar-refractivity contribution in [1.82, 2.24) is 10.1 Å². The maximum absolute atomic E-state index is 13.2. The Morgan fingerprint density at radius 1 is 1.38 bits per heavy atom. The van der Waals surface area contributed by atoms with Crippen molar-refractivity contribution in [3.8, 4) is 0 Å². The average molecular weight is 221 g/mol. The first-order valence-corrected chi connectivity index (χ1v) is 4.95. The van der Waals surface area contributed by atoms with Gasteiger partial charge in [-0.3, -0.25) is 0 Å². The summed E-state index contributed by atoms with van der Waals surface area (Å²) in [5, 5.41) is 6.80. The van der Waals surface area contributed by atoms with Crippen LogP contribution in [0.3, 0.4) is 0 Å². The maximum Gasteiger partial charge on any atom is 0.223 e. The van der Waals surface area contributed by atoms with Gasteiger partial charge in [-0.15, -0.1) is 0 Å². The quantitative estimate of drug-likeness (QED) is 0.864. The Labute approximate surface area is 92.5 Å². The van der Waals surface area contributed by atoms with Crippen molar-refractivity contribution in [3.63, 3.8) is 0 Å². The average Bonchev–Trinajstić information content (AvgIpc) is 2.67. The van der Waals surface area contributed by atoms with Crippen molar-refractivity contribution < 1.29 is 8.91 Å². The number of halogens is 1. The molecule has 0 saturated heterocycles. The van der Waals surface area contributed by atoms with Crippen LogP contribution in [0.25, 0.3) is 0 Å². The van der Waals surface area contributed by atoms with Crippen molar-refractivity contribution in [2.75, 3.05) is 5.32 Å². The van der Waals surface area contributed by atoms with Crippen molar-refractivity contribution in [3.05, 3.63) is 41.3 Å². The Kier molecular flexibility index (Phi) is 2.85. The molecule has 4 nitrogen and oxygen atoms in total. The van der Waals surface area contributed by atoms with E-state index in [4.69, 9.17) is 4.52 Å². The molecule has 1 N–H and O–H groups in total. The molecule has 1 aromatic carbocycles. The van der Waals surface area contributed by atoms with Gasteiger partial charge in [0.1, 0.15) is 5.82 Å². The lowest BCUT2D eigenvalue weighted by Crippen LogP contribution is -2.03. The van der Waals surface area contributed by atoms with Crippen LogP contribution in [0.1, 0.15) is 17.3 Å². The number of anilines is 1.